The van der Waals surface area contributed by atoms with Gasteiger partial charge >= 0.3 is 0 Å². The Morgan fingerprint density at radius 2 is 1.91 bits per heavy atom. The van der Waals surface area contributed by atoms with E-state index in [9.17, 15) is 13.2 Å². The molecule has 172 valence electrons. The van der Waals surface area contributed by atoms with Crippen molar-refractivity contribution >= 4 is 21.6 Å². The molecule has 0 saturated carbocycles. The second kappa shape index (κ2) is 8.75. The Kier molecular flexibility index (Phi) is 6.18. The summed E-state index contributed by atoms with van der Waals surface area (Å²) in [7, 11) is -0.206. The van der Waals surface area contributed by atoms with E-state index in [2.05, 4.69) is 17.3 Å². The number of carbonyl (C=O) groups excluding carboxylic acids is 1. The van der Waals surface area contributed by atoms with Crippen molar-refractivity contribution in [3.05, 3.63) is 53.1 Å². The van der Waals surface area contributed by atoms with E-state index in [1.54, 1.807) is 38.3 Å². The number of sulfonamides is 1. The summed E-state index contributed by atoms with van der Waals surface area (Å²) in [6, 6.07) is 10.9. The molecular formula is C24H31N3O4S. The molecule has 8 heteroatoms. The highest BCUT2D eigenvalue weighted by Gasteiger charge is 2.40. The Morgan fingerprint density at radius 1 is 1.16 bits per heavy atom. The molecule has 1 fully saturated rings. The first kappa shape index (κ1) is 22.6. The standard InChI is InChI=1S/C24H31N3O4S/c1-16-17(2)23(12-11-22(16)31-4)32(29,30)27-15-20(19-9-5-6-10-21(19)27)24(28)25-14-18-8-7-13-26(18)3/h5-6,9-12,18,20H,7-8,13-15H2,1-4H3,(H,25,28). The zero-order chi connectivity index (χ0) is 23.0. The Labute approximate surface area is 190 Å². The third-order valence-corrected chi connectivity index (χ3v) is 8.83. The van der Waals surface area contributed by atoms with Crippen molar-refractivity contribution in [3.63, 3.8) is 0 Å². The lowest BCUT2D eigenvalue weighted by Gasteiger charge is -2.23. The van der Waals surface area contributed by atoms with Crippen molar-refractivity contribution < 1.29 is 17.9 Å². The monoisotopic (exact) mass is 457 g/mol. The fourth-order valence-electron chi connectivity index (χ4n) is 4.79. The highest BCUT2D eigenvalue weighted by Crippen LogP contribution is 2.41. The van der Waals surface area contributed by atoms with Crippen molar-refractivity contribution in [3.8, 4) is 5.75 Å². The number of benzene rings is 2. The number of nitrogens with zero attached hydrogens (tertiary/aromatic N) is 2. The number of para-hydroxylation sites is 1. The molecule has 0 spiro atoms. The minimum atomic E-state index is -3.85. The Hall–Kier alpha value is -2.58. The number of rotatable bonds is 6. The lowest BCUT2D eigenvalue weighted by atomic mass is 10.0. The fraction of sp³-hybridized carbons (Fsp3) is 0.458. The molecule has 2 aliphatic heterocycles. The van der Waals surface area contributed by atoms with Crippen LogP contribution in [-0.4, -0.2) is 59.1 Å². The maximum atomic E-state index is 13.7. The highest BCUT2D eigenvalue weighted by atomic mass is 32.2. The van der Waals surface area contributed by atoms with E-state index < -0.39 is 15.9 Å². The summed E-state index contributed by atoms with van der Waals surface area (Å²) in [6.45, 7) is 5.35. The average molecular weight is 458 g/mol. The van der Waals surface area contributed by atoms with Gasteiger partial charge in [-0.3, -0.25) is 9.10 Å². The van der Waals surface area contributed by atoms with Gasteiger partial charge in [-0.2, -0.15) is 0 Å². The first-order valence-corrected chi connectivity index (χ1v) is 12.4. The Bertz CT molecular complexity index is 1130. The van der Waals surface area contributed by atoms with Crippen molar-refractivity contribution in [2.75, 3.05) is 38.1 Å². The van der Waals surface area contributed by atoms with Gasteiger partial charge in [0.05, 0.1) is 30.2 Å². The molecule has 2 aliphatic rings. The number of nitrogens with one attached hydrogen (secondary N) is 1. The van der Waals surface area contributed by atoms with E-state index in [-0.39, 0.29) is 17.3 Å². The predicted molar refractivity (Wildman–Crippen MR) is 125 cm³/mol. The van der Waals surface area contributed by atoms with Crippen LogP contribution in [0.25, 0.3) is 0 Å². The molecule has 4 rings (SSSR count). The summed E-state index contributed by atoms with van der Waals surface area (Å²) in [5.41, 5.74) is 2.75. The van der Waals surface area contributed by atoms with Gasteiger partial charge in [0.25, 0.3) is 10.0 Å². The summed E-state index contributed by atoms with van der Waals surface area (Å²) in [4.78, 5) is 15.6. The number of carbonyl (C=O) groups is 1. The number of hydrogen-bond donors (Lipinski definition) is 1. The van der Waals surface area contributed by atoms with Gasteiger partial charge in [-0.25, -0.2) is 8.42 Å². The molecule has 0 radical (unpaired) electrons. The fourth-order valence-corrected chi connectivity index (χ4v) is 6.58. The second-order valence-corrected chi connectivity index (χ2v) is 10.5. The SMILES string of the molecule is COc1ccc(S(=O)(=O)N2CC(C(=O)NCC3CCCN3C)c3ccccc32)c(C)c1C. The van der Waals surface area contributed by atoms with Crippen LogP contribution in [0.1, 0.15) is 35.4 Å². The molecule has 2 heterocycles. The topological polar surface area (TPSA) is 79.0 Å². The summed E-state index contributed by atoms with van der Waals surface area (Å²) in [5, 5.41) is 3.07. The first-order chi connectivity index (χ1) is 15.3. The summed E-state index contributed by atoms with van der Waals surface area (Å²) >= 11 is 0. The van der Waals surface area contributed by atoms with E-state index in [0.29, 0.717) is 29.6 Å². The van der Waals surface area contributed by atoms with Gasteiger partial charge in [0.2, 0.25) is 5.91 Å². The minimum absolute atomic E-state index is 0.0958. The number of fused-ring (bicyclic) bond motifs is 1. The quantitative estimate of drug-likeness (QED) is 0.722. The normalized spacial score (nSPS) is 20.9. The van der Waals surface area contributed by atoms with Gasteiger partial charge in [0.15, 0.2) is 0 Å². The smallest absolute Gasteiger partial charge is 0.264 e. The maximum Gasteiger partial charge on any atom is 0.264 e. The van der Waals surface area contributed by atoms with Crippen LogP contribution in [0.15, 0.2) is 41.3 Å². The van der Waals surface area contributed by atoms with Crippen LogP contribution in [-0.2, 0) is 14.8 Å². The molecule has 0 bridgehead atoms. The number of ether oxygens (including phenoxy) is 1. The van der Waals surface area contributed by atoms with Crippen molar-refractivity contribution in [1.82, 2.24) is 10.2 Å². The van der Waals surface area contributed by atoms with Gasteiger partial charge in [0, 0.05) is 12.6 Å². The number of likely N-dealkylation sites (tertiary alicyclic amines) is 1. The molecule has 2 atom stereocenters. The molecule has 1 amide bonds. The number of anilines is 1. The number of methoxy groups -OCH3 is 1. The zero-order valence-electron chi connectivity index (χ0n) is 19.1. The number of likely N-dealkylation sites (N-methyl/N-ethyl adjacent to an activating group) is 1. The summed E-state index contributed by atoms with van der Waals surface area (Å²) in [5.74, 6) is -0.0113. The minimum Gasteiger partial charge on any atom is -0.496 e. The predicted octanol–water partition coefficient (Wildman–Crippen LogP) is 2.81. The zero-order valence-corrected chi connectivity index (χ0v) is 19.9. The van der Waals surface area contributed by atoms with E-state index in [4.69, 9.17) is 4.74 Å². The number of hydrogen-bond acceptors (Lipinski definition) is 5. The highest BCUT2D eigenvalue weighted by molar-refractivity contribution is 7.93. The van der Waals surface area contributed by atoms with Crippen LogP contribution in [0.2, 0.25) is 0 Å². The third kappa shape index (κ3) is 3.86. The Balaban J connectivity index is 1.62. The van der Waals surface area contributed by atoms with Crippen LogP contribution >= 0.6 is 0 Å². The van der Waals surface area contributed by atoms with Crippen LogP contribution in [0, 0.1) is 13.8 Å². The van der Waals surface area contributed by atoms with Gasteiger partial charge in [0.1, 0.15) is 5.75 Å². The molecule has 2 unspecified atom stereocenters. The largest absolute Gasteiger partial charge is 0.496 e. The van der Waals surface area contributed by atoms with E-state index in [1.807, 2.05) is 19.1 Å². The van der Waals surface area contributed by atoms with Crippen LogP contribution in [0.4, 0.5) is 5.69 Å². The molecule has 2 aromatic rings. The molecule has 1 N–H and O–H groups in total. The van der Waals surface area contributed by atoms with Gasteiger partial charge in [-0.1, -0.05) is 18.2 Å². The van der Waals surface area contributed by atoms with Crippen molar-refractivity contribution in [1.29, 1.82) is 0 Å². The van der Waals surface area contributed by atoms with Crippen molar-refractivity contribution in [2.24, 2.45) is 0 Å². The Morgan fingerprint density at radius 3 is 2.59 bits per heavy atom. The van der Waals surface area contributed by atoms with Gasteiger partial charge in [-0.05, 0) is 75.2 Å². The summed E-state index contributed by atoms with van der Waals surface area (Å²) < 4.78 is 34.1. The molecule has 32 heavy (non-hydrogen) atoms. The molecule has 2 aromatic carbocycles. The molecular weight excluding hydrogens is 426 g/mol. The van der Waals surface area contributed by atoms with Gasteiger partial charge in [-0.15, -0.1) is 0 Å². The summed E-state index contributed by atoms with van der Waals surface area (Å²) in [6.07, 6.45) is 2.20. The van der Waals surface area contributed by atoms with Crippen molar-refractivity contribution in [2.45, 2.75) is 43.5 Å². The lowest BCUT2D eigenvalue weighted by molar-refractivity contribution is -0.122. The van der Waals surface area contributed by atoms with E-state index >= 15 is 0 Å². The van der Waals surface area contributed by atoms with Crippen LogP contribution in [0.3, 0.4) is 0 Å². The first-order valence-electron chi connectivity index (χ1n) is 11.0. The molecule has 0 aromatic heterocycles. The second-order valence-electron chi connectivity index (χ2n) is 8.69. The maximum absolute atomic E-state index is 13.7. The average Bonchev–Trinajstić information content (AvgIpc) is 3.37. The lowest BCUT2D eigenvalue weighted by Crippen LogP contribution is -2.41. The third-order valence-electron chi connectivity index (χ3n) is 6.90. The van der Waals surface area contributed by atoms with Gasteiger partial charge < -0.3 is 15.0 Å². The molecule has 7 nitrogen and oxygen atoms in total. The van der Waals surface area contributed by atoms with Crippen LogP contribution < -0.4 is 14.4 Å². The molecule has 1 saturated heterocycles. The van der Waals surface area contributed by atoms with Crippen LogP contribution in [0.5, 0.6) is 5.75 Å². The number of amides is 1. The van der Waals surface area contributed by atoms with E-state index in [0.717, 1.165) is 30.5 Å². The van der Waals surface area contributed by atoms with E-state index in [1.165, 1.54) is 4.31 Å². The molecule has 0 aliphatic carbocycles.